The second kappa shape index (κ2) is 7.55. The minimum atomic E-state index is -0.857. The maximum absolute atomic E-state index is 11.9. The summed E-state index contributed by atoms with van der Waals surface area (Å²) in [4.78, 5) is 34.4. The maximum Gasteiger partial charge on any atom is 0.246 e. The van der Waals surface area contributed by atoms with E-state index in [4.69, 9.17) is 5.21 Å². The van der Waals surface area contributed by atoms with Crippen molar-refractivity contribution in [3.63, 3.8) is 0 Å². The minimum absolute atomic E-state index is 0.0524. The Morgan fingerprint density at radius 1 is 1.05 bits per heavy atom. The minimum Gasteiger partial charge on any atom is -0.351 e. The molecule has 0 bridgehead atoms. The molecule has 0 saturated heterocycles. The van der Waals surface area contributed by atoms with E-state index in [0.717, 1.165) is 0 Å². The van der Waals surface area contributed by atoms with Crippen LogP contribution in [-0.2, 0) is 14.4 Å². The van der Waals surface area contributed by atoms with Crippen LogP contribution in [-0.4, -0.2) is 56.4 Å². The van der Waals surface area contributed by atoms with Crippen molar-refractivity contribution in [1.29, 1.82) is 0 Å². The third-order valence-corrected chi connectivity index (χ3v) is 3.15. The van der Waals surface area contributed by atoms with Gasteiger partial charge in [-0.05, 0) is 34.1 Å². The molecule has 3 amide bonds. The highest BCUT2D eigenvalue weighted by Gasteiger charge is 2.35. The van der Waals surface area contributed by atoms with Crippen LogP contribution in [0.25, 0.3) is 0 Å². The Labute approximate surface area is 131 Å². The topological polar surface area (TPSA) is 110 Å². The normalized spacial score (nSPS) is 11.8. The van der Waals surface area contributed by atoms with Crippen molar-refractivity contribution >= 4 is 17.7 Å². The van der Waals surface area contributed by atoms with Crippen LogP contribution in [0.3, 0.4) is 0 Å². The van der Waals surface area contributed by atoms with Crippen molar-refractivity contribution in [2.45, 2.75) is 65.0 Å². The van der Waals surface area contributed by atoms with Gasteiger partial charge in [0.2, 0.25) is 17.7 Å². The van der Waals surface area contributed by atoms with Crippen molar-refractivity contribution in [3.8, 4) is 0 Å². The zero-order chi connectivity index (χ0) is 17.7. The van der Waals surface area contributed by atoms with Crippen LogP contribution >= 0.6 is 0 Å². The van der Waals surface area contributed by atoms with Gasteiger partial charge in [0.1, 0.15) is 0 Å². The predicted molar refractivity (Wildman–Crippen MR) is 79.0 cm³/mol. The Morgan fingerprint density at radius 2 is 1.55 bits per heavy atom. The van der Waals surface area contributed by atoms with Gasteiger partial charge in [-0.3, -0.25) is 24.8 Å². The zero-order valence-corrected chi connectivity index (χ0v) is 14.1. The molecule has 0 fully saturated rings. The highest BCUT2D eigenvalue weighted by molar-refractivity contribution is 5.83. The van der Waals surface area contributed by atoms with Crippen molar-refractivity contribution in [3.05, 3.63) is 0 Å². The predicted octanol–water partition coefficient (Wildman–Crippen LogP) is 0.915. The van der Waals surface area contributed by atoms with Crippen LogP contribution in [0.15, 0.2) is 0 Å². The molecular weight excluding hydrogens is 290 g/mol. The molecule has 8 nitrogen and oxygen atoms in total. The van der Waals surface area contributed by atoms with Gasteiger partial charge in [-0.2, -0.15) is 0 Å². The maximum atomic E-state index is 11.9. The zero-order valence-electron chi connectivity index (χ0n) is 14.1. The number of rotatable bonds is 7. The number of amides is 3. The fourth-order valence-corrected chi connectivity index (χ4v) is 2.45. The van der Waals surface area contributed by atoms with E-state index in [1.54, 1.807) is 27.7 Å². The van der Waals surface area contributed by atoms with Crippen LogP contribution in [0.2, 0.25) is 0 Å². The molecule has 0 spiro atoms. The highest BCUT2D eigenvalue weighted by Crippen LogP contribution is 2.25. The lowest BCUT2D eigenvalue weighted by Crippen LogP contribution is -2.54. The van der Waals surface area contributed by atoms with E-state index in [9.17, 15) is 19.6 Å². The van der Waals surface area contributed by atoms with Gasteiger partial charge in [-0.1, -0.05) is 0 Å². The lowest BCUT2D eigenvalue weighted by molar-refractivity contribution is -0.190. The second-order valence-electron chi connectivity index (χ2n) is 6.67. The van der Waals surface area contributed by atoms with Crippen LogP contribution in [0.1, 0.15) is 53.9 Å². The first-order valence-corrected chi connectivity index (χ1v) is 7.04. The Bertz CT molecular complexity index is 432. The van der Waals surface area contributed by atoms with E-state index in [0.29, 0.717) is 16.5 Å². The van der Waals surface area contributed by atoms with Gasteiger partial charge in [-0.15, -0.1) is 0 Å². The SMILES string of the molecule is CC(=O)N(O)C(C)(C)CC(C)(C)NC(=O)CCC(=O)N(C)O. The van der Waals surface area contributed by atoms with Crippen LogP contribution in [0, 0.1) is 0 Å². The van der Waals surface area contributed by atoms with Crippen LogP contribution < -0.4 is 5.32 Å². The molecule has 0 unspecified atom stereocenters. The molecule has 0 rings (SSSR count). The third-order valence-electron chi connectivity index (χ3n) is 3.15. The van der Waals surface area contributed by atoms with Crippen LogP contribution in [0.4, 0.5) is 0 Å². The number of hydroxylamine groups is 4. The number of hydrogen-bond acceptors (Lipinski definition) is 5. The summed E-state index contributed by atoms with van der Waals surface area (Å²) in [6.45, 7) is 8.16. The van der Waals surface area contributed by atoms with Crippen molar-refractivity contribution in [2.24, 2.45) is 0 Å². The number of carbonyl (C=O) groups excluding carboxylic acids is 3. The Morgan fingerprint density at radius 3 is 1.95 bits per heavy atom. The fourth-order valence-electron chi connectivity index (χ4n) is 2.45. The lowest BCUT2D eigenvalue weighted by Gasteiger charge is -2.39. The van der Waals surface area contributed by atoms with Crippen molar-refractivity contribution in [1.82, 2.24) is 15.4 Å². The molecule has 0 radical (unpaired) electrons. The smallest absolute Gasteiger partial charge is 0.246 e. The number of nitrogens with one attached hydrogen (secondary N) is 1. The molecule has 8 heteroatoms. The Hall–Kier alpha value is -1.67. The highest BCUT2D eigenvalue weighted by atomic mass is 16.5. The molecule has 0 aliphatic rings. The van der Waals surface area contributed by atoms with Gasteiger partial charge in [0, 0.05) is 32.4 Å². The standard InChI is InChI=1S/C14H27N3O5/c1-10(18)17(22)14(4,5)9-13(2,3)15-11(19)7-8-12(20)16(6)21/h21-22H,7-9H2,1-6H3,(H,15,19). The molecule has 3 N–H and O–H groups in total. The number of hydrogen-bond donors (Lipinski definition) is 3. The van der Waals surface area contributed by atoms with E-state index >= 15 is 0 Å². The molecule has 22 heavy (non-hydrogen) atoms. The molecule has 128 valence electrons. The summed E-state index contributed by atoms with van der Waals surface area (Å²) < 4.78 is 0. The molecule has 0 aromatic carbocycles. The number of carbonyl (C=O) groups is 3. The molecule has 0 saturated carbocycles. The van der Waals surface area contributed by atoms with Gasteiger partial charge in [-0.25, -0.2) is 10.1 Å². The van der Waals surface area contributed by atoms with Crippen molar-refractivity contribution in [2.75, 3.05) is 7.05 Å². The molecule has 0 atom stereocenters. The first-order valence-electron chi connectivity index (χ1n) is 7.04. The summed E-state index contributed by atoms with van der Waals surface area (Å²) in [6, 6.07) is 0. The molecule has 0 heterocycles. The molecule has 0 aromatic rings. The fraction of sp³-hybridized carbons (Fsp3) is 0.786. The molecule has 0 aliphatic heterocycles. The van der Waals surface area contributed by atoms with Gasteiger partial charge in [0.15, 0.2) is 0 Å². The van der Waals surface area contributed by atoms with E-state index in [2.05, 4.69) is 5.32 Å². The number of nitrogens with zero attached hydrogens (tertiary/aromatic N) is 2. The average molecular weight is 317 g/mol. The van der Waals surface area contributed by atoms with Gasteiger partial charge < -0.3 is 5.32 Å². The summed E-state index contributed by atoms with van der Waals surface area (Å²) in [6.07, 6.45) is 0.163. The Balaban J connectivity index is 4.60. The van der Waals surface area contributed by atoms with E-state index in [1.165, 1.54) is 14.0 Å². The van der Waals surface area contributed by atoms with E-state index in [1.807, 2.05) is 0 Å². The first-order chi connectivity index (χ1) is 9.78. The summed E-state index contributed by atoms with van der Waals surface area (Å²) in [5.74, 6) is -1.38. The van der Waals surface area contributed by atoms with Gasteiger partial charge in [0.05, 0.1) is 5.54 Å². The summed E-state index contributed by atoms with van der Waals surface area (Å²) in [5, 5.41) is 22.5. The second-order valence-corrected chi connectivity index (χ2v) is 6.67. The summed E-state index contributed by atoms with van der Waals surface area (Å²) in [5.41, 5.74) is -1.55. The molecule has 0 aliphatic carbocycles. The van der Waals surface area contributed by atoms with Gasteiger partial charge >= 0.3 is 0 Å². The third kappa shape index (κ3) is 6.86. The lowest BCUT2D eigenvalue weighted by atomic mass is 9.86. The van der Waals surface area contributed by atoms with Gasteiger partial charge in [0.25, 0.3) is 0 Å². The molecule has 0 aromatic heterocycles. The largest absolute Gasteiger partial charge is 0.351 e. The Kier molecular flexibility index (Phi) is 6.98. The summed E-state index contributed by atoms with van der Waals surface area (Å²) in [7, 11) is 1.20. The monoisotopic (exact) mass is 317 g/mol. The summed E-state index contributed by atoms with van der Waals surface area (Å²) >= 11 is 0. The quantitative estimate of drug-likeness (QED) is 0.477. The first kappa shape index (κ1) is 20.3. The average Bonchev–Trinajstić information content (AvgIpc) is 2.32. The van der Waals surface area contributed by atoms with Crippen LogP contribution in [0.5, 0.6) is 0 Å². The van der Waals surface area contributed by atoms with E-state index in [-0.39, 0.29) is 18.7 Å². The molecular formula is C14H27N3O5. The van der Waals surface area contributed by atoms with E-state index < -0.39 is 22.9 Å². The van der Waals surface area contributed by atoms with Crippen molar-refractivity contribution < 1.29 is 24.8 Å².